The van der Waals surface area contributed by atoms with Crippen molar-refractivity contribution < 1.29 is 3.58 Å². The maximum absolute atomic E-state index is 2.41. The molecule has 0 aromatic carbocycles. The van der Waals surface area contributed by atoms with Gasteiger partial charge in [-0.2, -0.15) is 0 Å². The third kappa shape index (κ3) is 1.30. The van der Waals surface area contributed by atoms with E-state index in [9.17, 15) is 0 Å². The van der Waals surface area contributed by atoms with Crippen molar-refractivity contribution in [3.8, 4) is 0 Å². The summed E-state index contributed by atoms with van der Waals surface area (Å²) in [7, 11) is 0. The average molecular weight is 159 g/mol. The van der Waals surface area contributed by atoms with Gasteiger partial charge < -0.3 is 0 Å². The van der Waals surface area contributed by atoms with Crippen LogP contribution >= 0.6 is 0 Å². The molecule has 0 atom stereocenters. The van der Waals surface area contributed by atoms with E-state index in [-0.39, 0.29) is 0 Å². The Morgan fingerprint density at radius 1 is 1.00 bits per heavy atom. The number of hydrogen-bond acceptors (Lipinski definition) is 0. The molecule has 2 heteroatoms. The van der Waals surface area contributed by atoms with Gasteiger partial charge in [0.25, 0.3) is 0 Å². The topological polar surface area (TPSA) is 3.88 Å². The third-order valence-electron chi connectivity index (χ3n) is 0.700. The maximum atomic E-state index is 2.41. The van der Waals surface area contributed by atoms with E-state index in [4.69, 9.17) is 0 Å². The molecule has 0 fully saturated rings. The van der Waals surface area contributed by atoms with Crippen molar-refractivity contribution in [2.24, 2.45) is 0 Å². The first-order chi connectivity index (χ1) is 3.39. The fourth-order valence-electron chi connectivity index (χ4n) is 0.390. The zero-order valence-electron chi connectivity index (χ0n) is 3.78. The van der Waals surface area contributed by atoms with Crippen molar-refractivity contribution >= 4 is 16.2 Å². The fraction of sp³-hybridized carbons (Fsp3) is 0. The summed E-state index contributed by atoms with van der Waals surface area (Å²) in [6, 6.07) is 5.96. The molecule has 1 nitrogen and oxygen atoms in total. The molecule has 7 heavy (non-hydrogen) atoms. The monoisotopic (exact) mass is 160 g/mol. The summed E-state index contributed by atoms with van der Waals surface area (Å²) in [5, 5.41) is 0. The van der Waals surface area contributed by atoms with Gasteiger partial charge in [-0.25, -0.2) is 0 Å². The van der Waals surface area contributed by atoms with Crippen LogP contribution in [0.3, 0.4) is 0 Å². The standard InChI is InChI=1S/C5H6NSe/c7-6-4-2-1-3-5-6/h1-5,7H/q+1. The molecule has 0 aliphatic heterocycles. The summed E-state index contributed by atoms with van der Waals surface area (Å²) in [6.45, 7) is 0. The van der Waals surface area contributed by atoms with Crippen LogP contribution in [0, 0.1) is 0 Å². The summed E-state index contributed by atoms with van der Waals surface area (Å²) in [5.41, 5.74) is 0. The number of rotatable bonds is 0. The molecular weight excluding hydrogens is 153 g/mol. The van der Waals surface area contributed by atoms with E-state index < -0.39 is 0 Å². The van der Waals surface area contributed by atoms with Crippen LogP contribution in [0.5, 0.6) is 0 Å². The second kappa shape index (κ2) is 2.10. The van der Waals surface area contributed by atoms with E-state index in [1.54, 1.807) is 0 Å². The molecule has 1 aromatic heterocycles. The van der Waals surface area contributed by atoms with Crippen LogP contribution in [0.4, 0.5) is 0 Å². The SMILES string of the molecule is [SeH][n+]1ccccc1. The molecule has 1 rings (SSSR count). The fourth-order valence-corrected chi connectivity index (χ4v) is 0.713. The Hall–Kier alpha value is -0.331. The van der Waals surface area contributed by atoms with Crippen LogP contribution in [0.1, 0.15) is 0 Å². The second-order valence-electron chi connectivity index (χ2n) is 1.26. The number of aromatic nitrogens is 1. The van der Waals surface area contributed by atoms with Crippen molar-refractivity contribution in [3.05, 3.63) is 30.6 Å². The molecule has 0 aliphatic carbocycles. The molecule has 0 saturated heterocycles. The van der Waals surface area contributed by atoms with Gasteiger partial charge in [-0.3, -0.25) is 0 Å². The Kier molecular flexibility index (Phi) is 1.45. The van der Waals surface area contributed by atoms with Crippen molar-refractivity contribution in [1.82, 2.24) is 0 Å². The summed E-state index contributed by atoms with van der Waals surface area (Å²) >= 11 is 2.41. The van der Waals surface area contributed by atoms with Crippen LogP contribution in [0.25, 0.3) is 0 Å². The Balaban J connectivity index is 3.02. The zero-order chi connectivity index (χ0) is 5.11. The van der Waals surface area contributed by atoms with E-state index in [0.717, 1.165) is 0 Å². The quantitative estimate of drug-likeness (QED) is 0.455. The third-order valence-corrected chi connectivity index (χ3v) is 1.26. The van der Waals surface area contributed by atoms with Gasteiger partial charge in [0.2, 0.25) is 0 Å². The van der Waals surface area contributed by atoms with E-state index in [2.05, 4.69) is 16.2 Å². The van der Waals surface area contributed by atoms with Crippen LogP contribution in [-0.2, 0) is 0 Å². The van der Waals surface area contributed by atoms with Crippen molar-refractivity contribution in [2.45, 2.75) is 0 Å². The predicted molar refractivity (Wildman–Crippen MR) is 29.2 cm³/mol. The molecule has 0 amide bonds. The number of pyridine rings is 1. The summed E-state index contributed by atoms with van der Waals surface area (Å²) in [5.74, 6) is 0. The van der Waals surface area contributed by atoms with E-state index in [1.807, 2.05) is 34.2 Å². The number of nitrogens with zero attached hydrogens (tertiary/aromatic N) is 1. The van der Waals surface area contributed by atoms with E-state index in [0.29, 0.717) is 0 Å². The molecule has 1 aromatic rings. The molecule has 1 heterocycles. The van der Waals surface area contributed by atoms with Gasteiger partial charge in [0.05, 0.1) is 0 Å². The number of hydrogen-bond donors (Lipinski definition) is 0. The van der Waals surface area contributed by atoms with Crippen molar-refractivity contribution in [1.29, 1.82) is 0 Å². The van der Waals surface area contributed by atoms with Gasteiger partial charge in [0.15, 0.2) is 0 Å². The predicted octanol–water partition coefficient (Wildman–Crippen LogP) is -0.362. The van der Waals surface area contributed by atoms with Gasteiger partial charge in [-0.1, -0.05) is 0 Å². The molecule has 0 N–H and O–H groups in total. The normalized spacial score (nSPS) is 8.71. The molecule has 0 bridgehead atoms. The average Bonchev–Trinajstić information content (AvgIpc) is 1.69. The van der Waals surface area contributed by atoms with Gasteiger partial charge in [0.1, 0.15) is 0 Å². The zero-order valence-corrected chi connectivity index (χ0v) is 5.66. The molecule has 0 saturated carbocycles. The minimum absolute atomic E-state index is 1.94. The Morgan fingerprint density at radius 2 is 1.57 bits per heavy atom. The van der Waals surface area contributed by atoms with Gasteiger partial charge in [0, 0.05) is 0 Å². The summed E-state index contributed by atoms with van der Waals surface area (Å²) in [4.78, 5) is 0. The van der Waals surface area contributed by atoms with Crippen LogP contribution in [-0.4, -0.2) is 16.2 Å². The van der Waals surface area contributed by atoms with Gasteiger partial charge >= 0.3 is 50.4 Å². The van der Waals surface area contributed by atoms with Crippen LogP contribution in [0.2, 0.25) is 0 Å². The Bertz CT molecular complexity index is 138. The first-order valence-electron chi connectivity index (χ1n) is 2.05. The van der Waals surface area contributed by atoms with Crippen molar-refractivity contribution in [2.75, 3.05) is 0 Å². The molecule has 0 aliphatic rings. The van der Waals surface area contributed by atoms with Crippen LogP contribution in [0.15, 0.2) is 30.6 Å². The Labute approximate surface area is 51.0 Å². The Morgan fingerprint density at radius 3 is 1.86 bits per heavy atom. The molecule has 0 spiro atoms. The van der Waals surface area contributed by atoms with Crippen LogP contribution < -0.4 is 3.58 Å². The van der Waals surface area contributed by atoms with Gasteiger partial charge in [-0.15, -0.1) is 0 Å². The second-order valence-corrected chi connectivity index (χ2v) is 2.22. The first-order valence-corrected chi connectivity index (χ1v) is 2.89. The minimum atomic E-state index is 1.94. The molecule has 0 radical (unpaired) electrons. The molecule has 36 valence electrons. The summed E-state index contributed by atoms with van der Waals surface area (Å²) in [6.07, 6.45) is 3.94. The van der Waals surface area contributed by atoms with Crippen molar-refractivity contribution in [3.63, 3.8) is 0 Å². The molecule has 0 unspecified atom stereocenters. The summed E-state index contributed by atoms with van der Waals surface area (Å²) < 4.78 is 1.94. The van der Waals surface area contributed by atoms with E-state index >= 15 is 0 Å². The molecular formula is C5H6NSe+. The van der Waals surface area contributed by atoms with E-state index in [1.165, 1.54) is 0 Å². The van der Waals surface area contributed by atoms with Gasteiger partial charge in [-0.05, 0) is 0 Å². The first kappa shape index (κ1) is 4.82.